The Morgan fingerprint density at radius 1 is 0.420 bits per heavy atom. The summed E-state index contributed by atoms with van der Waals surface area (Å²) in [5.74, 6) is -1.70. The molecule has 0 heterocycles. The second-order valence-electron chi connectivity index (χ2n) is 11.7. The Bertz CT molecular complexity index is 957. The van der Waals surface area contributed by atoms with Gasteiger partial charge in [-0.2, -0.15) is 0 Å². The van der Waals surface area contributed by atoms with E-state index in [4.69, 9.17) is 20.4 Å². The van der Waals surface area contributed by atoms with Crippen molar-refractivity contribution in [3.8, 4) is 0 Å². The maximum Gasteiger partial charge on any atom is 0.303 e. The largest absolute Gasteiger partial charge is 0.481 e. The summed E-state index contributed by atoms with van der Waals surface area (Å²) in [6, 6.07) is 0. The number of unbranched alkanes of at least 4 members (excludes halogenated alkanes) is 6. The van der Waals surface area contributed by atoms with Gasteiger partial charge in [0.2, 0.25) is 0 Å². The van der Waals surface area contributed by atoms with E-state index in [1.807, 2.05) is 12.2 Å². The Morgan fingerprint density at radius 3 is 1.08 bits per heavy atom. The van der Waals surface area contributed by atoms with Gasteiger partial charge in [-0.15, -0.1) is 0 Å². The van der Waals surface area contributed by atoms with E-state index in [2.05, 4.69) is 12.2 Å². The Morgan fingerprint density at radius 2 is 0.760 bits per heavy atom. The molecule has 10 nitrogen and oxygen atoms in total. The van der Waals surface area contributed by atoms with Crippen molar-refractivity contribution in [2.45, 2.75) is 127 Å². The monoisotopic (exact) mass is 704 g/mol. The van der Waals surface area contributed by atoms with Crippen LogP contribution in [-0.4, -0.2) is 90.4 Å². The smallest absolute Gasteiger partial charge is 0.303 e. The number of allylic oxidation sites excluding steroid dienone is 10. The maximum absolute atomic E-state index is 10.4. The molecule has 4 atom stereocenters. The molecule has 0 aliphatic carbocycles. The van der Waals surface area contributed by atoms with E-state index < -0.39 is 36.4 Å². The van der Waals surface area contributed by atoms with E-state index in [9.17, 15) is 30.0 Å². The first-order chi connectivity index (χ1) is 24.1. The third-order valence-electron chi connectivity index (χ3n) is 6.93. The van der Waals surface area contributed by atoms with Crippen LogP contribution in [0.15, 0.2) is 97.2 Å². The predicted molar refractivity (Wildman–Crippen MR) is 200 cm³/mol. The number of aliphatic hydroxyl groups is 6. The SMILES string of the molecule is O=C(O)CCC[C@H](O)\C=C/C=C/C=C/[C@H](O)C/C=C\CCCCCO.O=C(O)CCC[C@H](O)\C=C/C=C/C=C/[C@H](O)C/C=C\CCCCCO. The minimum absolute atomic E-state index is 0.0679. The molecule has 0 amide bonds. The van der Waals surface area contributed by atoms with Gasteiger partial charge in [-0.3, -0.25) is 9.59 Å². The average Bonchev–Trinajstić information content (AvgIpc) is 3.07. The maximum atomic E-state index is 10.4. The van der Waals surface area contributed by atoms with Crippen LogP contribution in [0.25, 0.3) is 0 Å². The lowest BCUT2D eigenvalue weighted by atomic mass is 10.1. The fourth-order valence-electron chi connectivity index (χ4n) is 4.11. The zero-order valence-electron chi connectivity index (χ0n) is 29.7. The quantitative estimate of drug-likeness (QED) is 0.0240. The molecule has 0 saturated heterocycles. The van der Waals surface area contributed by atoms with Gasteiger partial charge in [0.1, 0.15) is 0 Å². The van der Waals surface area contributed by atoms with Crippen LogP contribution in [0.2, 0.25) is 0 Å². The molecule has 284 valence electrons. The van der Waals surface area contributed by atoms with Gasteiger partial charge in [0.25, 0.3) is 0 Å². The molecular weight excluding hydrogens is 640 g/mol. The van der Waals surface area contributed by atoms with Crippen molar-refractivity contribution in [3.63, 3.8) is 0 Å². The van der Waals surface area contributed by atoms with Crippen molar-refractivity contribution in [3.05, 3.63) is 97.2 Å². The summed E-state index contributed by atoms with van der Waals surface area (Å²) in [7, 11) is 0. The highest BCUT2D eigenvalue weighted by Crippen LogP contribution is 2.05. The van der Waals surface area contributed by atoms with Gasteiger partial charge in [0, 0.05) is 26.1 Å². The lowest BCUT2D eigenvalue weighted by molar-refractivity contribution is -0.138. The molecule has 0 rings (SSSR count). The third kappa shape index (κ3) is 42.6. The summed E-state index contributed by atoms with van der Waals surface area (Å²) in [4.78, 5) is 20.7. The molecule has 0 bridgehead atoms. The summed E-state index contributed by atoms with van der Waals surface area (Å²) in [6.45, 7) is 0.499. The summed E-state index contributed by atoms with van der Waals surface area (Å²) in [6.07, 6.45) is 37.1. The van der Waals surface area contributed by atoms with Crippen LogP contribution < -0.4 is 0 Å². The Labute approximate surface area is 299 Å². The van der Waals surface area contributed by atoms with Crippen LogP contribution in [0.4, 0.5) is 0 Å². The second-order valence-corrected chi connectivity index (χ2v) is 11.7. The van der Waals surface area contributed by atoms with Crippen LogP contribution in [0.5, 0.6) is 0 Å². The lowest BCUT2D eigenvalue weighted by Crippen LogP contribution is -2.03. The van der Waals surface area contributed by atoms with E-state index in [0.29, 0.717) is 38.5 Å². The number of rotatable bonds is 30. The average molecular weight is 705 g/mol. The molecule has 10 heteroatoms. The topological polar surface area (TPSA) is 196 Å². The minimum Gasteiger partial charge on any atom is -0.481 e. The first-order valence-corrected chi connectivity index (χ1v) is 17.8. The van der Waals surface area contributed by atoms with Crippen molar-refractivity contribution in [1.82, 2.24) is 0 Å². The van der Waals surface area contributed by atoms with E-state index in [1.165, 1.54) is 0 Å². The van der Waals surface area contributed by atoms with Gasteiger partial charge < -0.3 is 40.9 Å². The summed E-state index contributed by atoms with van der Waals surface area (Å²) in [5, 5.41) is 73.1. The molecule has 0 spiro atoms. The molecular formula is C40H64O10. The van der Waals surface area contributed by atoms with Crippen LogP contribution >= 0.6 is 0 Å². The Kier molecular flexibility index (Phi) is 37.4. The Balaban J connectivity index is 0. The number of hydrogen-bond acceptors (Lipinski definition) is 8. The molecule has 0 aromatic rings. The predicted octanol–water partition coefficient (Wildman–Crippen LogP) is 6.26. The van der Waals surface area contributed by atoms with E-state index in [-0.39, 0.29) is 26.1 Å². The number of carboxylic acids is 2. The Hall–Kier alpha value is -3.38. The molecule has 0 aliphatic rings. The van der Waals surface area contributed by atoms with E-state index in [1.54, 1.807) is 72.9 Å². The van der Waals surface area contributed by atoms with Gasteiger partial charge in [0.15, 0.2) is 0 Å². The van der Waals surface area contributed by atoms with Crippen molar-refractivity contribution in [2.75, 3.05) is 13.2 Å². The molecule has 0 aromatic carbocycles. The van der Waals surface area contributed by atoms with Gasteiger partial charge >= 0.3 is 11.9 Å². The number of carbonyl (C=O) groups is 2. The fraction of sp³-hybridized carbons (Fsp3) is 0.550. The van der Waals surface area contributed by atoms with Gasteiger partial charge in [-0.1, -0.05) is 110 Å². The van der Waals surface area contributed by atoms with Gasteiger partial charge in [-0.05, 0) is 77.0 Å². The molecule has 0 radical (unpaired) electrons. The first-order valence-electron chi connectivity index (χ1n) is 17.8. The number of hydrogen-bond donors (Lipinski definition) is 8. The van der Waals surface area contributed by atoms with Crippen molar-refractivity contribution < 1.29 is 50.4 Å². The van der Waals surface area contributed by atoms with Crippen LogP contribution in [0, 0.1) is 0 Å². The van der Waals surface area contributed by atoms with Gasteiger partial charge in [0.05, 0.1) is 24.4 Å². The molecule has 0 fully saturated rings. The normalized spacial score (nSPS) is 15.0. The van der Waals surface area contributed by atoms with Crippen molar-refractivity contribution in [1.29, 1.82) is 0 Å². The van der Waals surface area contributed by atoms with Crippen molar-refractivity contribution in [2.24, 2.45) is 0 Å². The fourth-order valence-corrected chi connectivity index (χ4v) is 4.11. The highest BCUT2D eigenvalue weighted by Gasteiger charge is 2.02. The molecule has 0 saturated carbocycles. The zero-order valence-corrected chi connectivity index (χ0v) is 29.7. The van der Waals surface area contributed by atoms with Crippen molar-refractivity contribution >= 4 is 11.9 Å². The van der Waals surface area contributed by atoms with Crippen LogP contribution in [0.3, 0.4) is 0 Å². The summed E-state index contributed by atoms with van der Waals surface area (Å²) < 4.78 is 0. The van der Waals surface area contributed by atoms with E-state index in [0.717, 1.165) is 51.4 Å². The summed E-state index contributed by atoms with van der Waals surface area (Å²) >= 11 is 0. The standard InChI is InChI=1S/2C20H32O5/c2*21-17-10-6-2-1-3-7-12-18(22)13-8-4-5-9-14-19(23)15-11-16-20(24)25/h2*3-5,7-9,13-14,18-19,21-23H,1-2,6,10-12,15-17H2,(H,24,25)/b2*5-4+,7-3-,13-8+,14-9-/t2*18-,19-/m11/s1. The number of aliphatic carboxylic acids is 2. The van der Waals surface area contributed by atoms with Crippen LogP contribution in [0.1, 0.15) is 103 Å². The summed E-state index contributed by atoms with van der Waals surface area (Å²) in [5.41, 5.74) is 0. The first kappa shape index (κ1) is 48.7. The van der Waals surface area contributed by atoms with E-state index >= 15 is 0 Å². The third-order valence-corrected chi connectivity index (χ3v) is 6.93. The molecule has 8 N–H and O–H groups in total. The van der Waals surface area contributed by atoms with Crippen LogP contribution in [-0.2, 0) is 9.59 Å². The minimum atomic E-state index is -0.851. The second kappa shape index (κ2) is 38.4. The molecule has 0 aliphatic heterocycles. The van der Waals surface area contributed by atoms with Gasteiger partial charge in [-0.25, -0.2) is 0 Å². The molecule has 0 unspecified atom stereocenters. The lowest BCUT2D eigenvalue weighted by Gasteiger charge is -2.02. The zero-order chi connectivity index (χ0) is 37.5. The molecule has 50 heavy (non-hydrogen) atoms. The number of carboxylic acid groups (broad SMARTS) is 2. The molecule has 0 aromatic heterocycles. The highest BCUT2D eigenvalue weighted by molar-refractivity contribution is 5.66. The number of aliphatic hydroxyl groups excluding tert-OH is 6. The highest BCUT2D eigenvalue weighted by atomic mass is 16.4.